The first kappa shape index (κ1) is 12.3. The molecule has 0 aliphatic rings. The number of alkyl halides is 3. The first-order chi connectivity index (χ1) is 7.29. The van der Waals surface area contributed by atoms with Crippen molar-refractivity contribution in [1.82, 2.24) is 0 Å². The van der Waals surface area contributed by atoms with E-state index in [2.05, 4.69) is 0 Å². The molecule has 1 aromatic carbocycles. The SMILES string of the molecule is N#Cc1c(C(F)(F)F)ccc(Cl)c1[N+](=O)[O-]. The van der Waals surface area contributed by atoms with Crippen LogP contribution in [0.5, 0.6) is 0 Å². The van der Waals surface area contributed by atoms with E-state index in [0.29, 0.717) is 6.07 Å². The second-order valence-corrected chi connectivity index (χ2v) is 3.09. The molecule has 0 aliphatic heterocycles. The Bertz CT molecular complexity index is 493. The van der Waals surface area contributed by atoms with Crippen LogP contribution in [0, 0.1) is 21.4 Å². The van der Waals surface area contributed by atoms with Gasteiger partial charge in [-0.3, -0.25) is 10.1 Å². The van der Waals surface area contributed by atoms with Crippen LogP contribution in [0.3, 0.4) is 0 Å². The lowest BCUT2D eigenvalue weighted by Gasteiger charge is -2.08. The zero-order valence-corrected chi connectivity index (χ0v) is 8.13. The summed E-state index contributed by atoms with van der Waals surface area (Å²) in [6.45, 7) is 0. The molecule has 0 heterocycles. The van der Waals surface area contributed by atoms with Crippen molar-refractivity contribution in [2.24, 2.45) is 0 Å². The Kier molecular flexibility index (Phi) is 3.05. The van der Waals surface area contributed by atoms with Gasteiger partial charge in [-0.2, -0.15) is 18.4 Å². The molecule has 0 amide bonds. The Labute approximate surface area is 92.0 Å². The zero-order valence-electron chi connectivity index (χ0n) is 7.38. The number of hydrogen-bond donors (Lipinski definition) is 0. The average Bonchev–Trinajstić information content (AvgIpc) is 2.14. The molecule has 0 spiro atoms. The topological polar surface area (TPSA) is 66.9 Å². The fraction of sp³-hybridized carbons (Fsp3) is 0.125. The highest BCUT2D eigenvalue weighted by Gasteiger charge is 2.38. The average molecular weight is 251 g/mol. The molecule has 0 atom stereocenters. The van der Waals surface area contributed by atoms with Crippen molar-refractivity contribution < 1.29 is 18.1 Å². The van der Waals surface area contributed by atoms with Crippen molar-refractivity contribution >= 4 is 17.3 Å². The lowest BCUT2D eigenvalue weighted by atomic mass is 10.1. The quantitative estimate of drug-likeness (QED) is 0.568. The Balaban J connectivity index is 3.64. The third kappa shape index (κ3) is 2.06. The van der Waals surface area contributed by atoms with E-state index in [0.717, 1.165) is 12.1 Å². The number of rotatable bonds is 1. The summed E-state index contributed by atoms with van der Waals surface area (Å²) in [6.07, 6.45) is -4.83. The molecule has 1 aromatic rings. The smallest absolute Gasteiger partial charge is 0.258 e. The maximum absolute atomic E-state index is 12.4. The van der Waals surface area contributed by atoms with Gasteiger partial charge in [0.1, 0.15) is 16.7 Å². The summed E-state index contributed by atoms with van der Waals surface area (Å²) < 4.78 is 37.2. The van der Waals surface area contributed by atoms with Gasteiger partial charge in [0, 0.05) is 0 Å². The standard InChI is InChI=1S/C8H2ClF3N2O2/c9-6-2-1-5(8(10,11)12)4(3-13)7(6)14(15)16/h1-2H. The van der Waals surface area contributed by atoms with E-state index in [9.17, 15) is 23.3 Å². The molecule has 16 heavy (non-hydrogen) atoms. The second kappa shape index (κ2) is 3.98. The summed E-state index contributed by atoms with van der Waals surface area (Å²) in [6, 6.07) is 2.42. The van der Waals surface area contributed by atoms with Crippen molar-refractivity contribution in [2.75, 3.05) is 0 Å². The van der Waals surface area contributed by atoms with Gasteiger partial charge in [-0.05, 0) is 12.1 Å². The lowest BCUT2D eigenvalue weighted by Crippen LogP contribution is -2.09. The van der Waals surface area contributed by atoms with Crippen molar-refractivity contribution in [1.29, 1.82) is 5.26 Å². The van der Waals surface area contributed by atoms with Gasteiger partial charge in [0.15, 0.2) is 0 Å². The minimum absolute atomic E-state index is 0.505. The number of nitro benzene ring substituents is 1. The number of nitriles is 1. The van der Waals surface area contributed by atoms with Crippen LogP contribution in [0.15, 0.2) is 12.1 Å². The molecule has 0 fully saturated rings. The summed E-state index contributed by atoms with van der Waals surface area (Å²) >= 11 is 5.37. The molecule has 0 bridgehead atoms. The molecule has 1 rings (SSSR count). The van der Waals surface area contributed by atoms with Crippen LogP contribution in [0.4, 0.5) is 18.9 Å². The molecule has 0 radical (unpaired) electrons. The van der Waals surface area contributed by atoms with E-state index in [1.807, 2.05) is 0 Å². The molecule has 4 nitrogen and oxygen atoms in total. The second-order valence-electron chi connectivity index (χ2n) is 2.69. The van der Waals surface area contributed by atoms with E-state index >= 15 is 0 Å². The minimum atomic E-state index is -4.83. The molecule has 0 aliphatic carbocycles. The minimum Gasteiger partial charge on any atom is -0.258 e. The number of halogens is 4. The summed E-state index contributed by atoms with van der Waals surface area (Å²) in [5.41, 5.74) is -3.48. The first-order valence-electron chi connectivity index (χ1n) is 3.73. The molecule has 0 aromatic heterocycles. The maximum Gasteiger partial charge on any atom is 0.417 e. The third-order valence-corrected chi connectivity index (χ3v) is 2.03. The molecule has 8 heteroatoms. The molecule has 0 saturated heterocycles. The first-order valence-corrected chi connectivity index (χ1v) is 4.11. The van der Waals surface area contributed by atoms with Crippen LogP contribution in [0.2, 0.25) is 5.02 Å². The fourth-order valence-corrected chi connectivity index (χ4v) is 1.32. The van der Waals surface area contributed by atoms with Crippen LogP contribution >= 0.6 is 11.6 Å². The predicted molar refractivity (Wildman–Crippen MR) is 47.8 cm³/mol. The molecular formula is C8H2ClF3N2O2. The number of nitro groups is 1. The number of hydrogen-bond acceptors (Lipinski definition) is 3. The Morgan fingerprint density at radius 2 is 2.00 bits per heavy atom. The Morgan fingerprint density at radius 1 is 1.44 bits per heavy atom. The van der Waals surface area contributed by atoms with Gasteiger partial charge in [0.2, 0.25) is 0 Å². The predicted octanol–water partition coefficient (Wildman–Crippen LogP) is 3.14. The van der Waals surface area contributed by atoms with Gasteiger partial charge in [0.25, 0.3) is 0 Å². The fourth-order valence-electron chi connectivity index (χ4n) is 1.09. The van der Waals surface area contributed by atoms with Gasteiger partial charge < -0.3 is 0 Å². The van der Waals surface area contributed by atoms with E-state index in [1.165, 1.54) is 0 Å². The summed E-state index contributed by atoms with van der Waals surface area (Å²) in [7, 11) is 0. The highest BCUT2D eigenvalue weighted by atomic mass is 35.5. The number of nitrogens with zero attached hydrogens (tertiary/aromatic N) is 2. The molecular weight excluding hydrogens is 249 g/mol. The van der Waals surface area contributed by atoms with Crippen LogP contribution < -0.4 is 0 Å². The van der Waals surface area contributed by atoms with E-state index in [4.69, 9.17) is 16.9 Å². The largest absolute Gasteiger partial charge is 0.417 e. The highest BCUT2D eigenvalue weighted by molar-refractivity contribution is 6.32. The Morgan fingerprint density at radius 3 is 2.38 bits per heavy atom. The van der Waals surface area contributed by atoms with Crippen LogP contribution in [-0.2, 0) is 6.18 Å². The summed E-state index contributed by atoms with van der Waals surface area (Å²) in [5, 5.41) is 18.5. The van der Waals surface area contributed by atoms with Crippen molar-refractivity contribution in [3.05, 3.63) is 38.4 Å². The van der Waals surface area contributed by atoms with Crippen LogP contribution in [-0.4, -0.2) is 4.92 Å². The van der Waals surface area contributed by atoms with Gasteiger partial charge >= 0.3 is 11.9 Å². The maximum atomic E-state index is 12.4. The molecule has 0 unspecified atom stereocenters. The van der Waals surface area contributed by atoms with Gasteiger partial charge in [-0.15, -0.1) is 0 Å². The Hall–Kier alpha value is -1.81. The lowest BCUT2D eigenvalue weighted by molar-refractivity contribution is -0.385. The van der Waals surface area contributed by atoms with E-state index in [1.54, 1.807) is 0 Å². The van der Waals surface area contributed by atoms with Crippen LogP contribution in [0.25, 0.3) is 0 Å². The van der Waals surface area contributed by atoms with Crippen molar-refractivity contribution in [3.8, 4) is 6.07 Å². The van der Waals surface area contributed by atoms with Crippen LogP contribution in [0.1, 0.15) is 11.1 Å². The molecule has 0 N–H and O–H groups in total. The normalized spacial score (nSPS) is 10.9. The van der Waals surface area contributed by atoms with E-state index in [-0.39, 0.29) is 0 Å². The van der Waals surface area contributed by atoms with Gasteiger partial charge in [0.05, 0.1) is 10.5 Å². The molecule has 0 saturated carbocycles. The molecule has 84 valence electrons. The van der Waals surface area contributed by atoms with Gasteiger partial charge in [-0.25, -0.2) is 0 Å². The highest BCUT2D eigenvalue weighted by Crippen LogP contribution is 2.38. The van der Waals surface area contributed by atoms with E-state index < -0.39 is 32.9 Å². The monoisotopic (exact) mass is 250 g/mol. The summed E-state index contributed by atoms with van der Waals surface area (Å²) in [5.74, 6) is 0. The third-order valence-electron chi connectivity index (χ3n) is 1.73. The van der Waals surface area contributed by atoms with Crippen molar-refractivity contribution in [3.63, 3.8) is 0 Å². The summed E-state index contributed by atoms with van der Waals surface area (Å²) in [4.78, 5) is 9.37. The van der Waals surface area contributed by atoms with Crippen molar-refractivity contribution in [2.45, 2.75) is 6.18 Å². The van der Waals surface area contributed by atoms with Gasteiger partial charge in [-0.1, -0.05) is 11.6 Å². The zero-order chi connectivity index (χ0) is 12.5. The number of benzene rings is 1.